The van der Waals surface area contributed by atoms with Gasteiger partial charge in [-0.1, -0.05) is 70.6 Å². The normalized spacial score (nSPS) is 12.2. The fraction of sp³-hybridized carbons (Fsp3) is 0.769. The standard InChI is InChI=1S/C26H43ClN4O3S/c1-20(2)35(33,34)25-23-24(29-26(27)30-25)28-22(4)31(23)19-17-15-13-11-9-7-5-6-8-10-12-14-16-18-21(3)32/h20H,5-19H2,1-4H3. The number of rotatable bonds is 18. The minimum absolute atomic E-state index is 0.0147. The van der Waals surface area contributed by atoms with Gasteiger partial charge in [0.25, 0.3) is 0 Å². The van der Waals surface area contributed by atoms with Gasteiger partial charge >= 0.3 is 0 Å². The predicted molar refractivity (Wildman–Crippen MR) is 143 cm³/mol. The Labute approximate surface area is 216 Å². The van der Waals surface area contributed by atoms with Crippen molar-refractivity contribution in [1.82, 2.24) is 19.5 Å². The molecule has 0 aromatic carbocycles. The molecule has 2 aromatic rings. The van der Waals surface area contributed by atoms with E-state index in [1.54, 1.807) is 20.8 Å². The third-order valence-corrected chi connectivity index (χ3v) is 8.77. The number of halogens is 1. The lowest BCUT2D eigenvalue weighted by Gasteiger charge is -2.12. The average Bonchev–Trinajstić information content (AvgIpc) is 3.09. The Bertz CT molecular complexity index is 1050. The summed E-state index contributed by atoms with van der Waals surface area (Å²) in [5.74, 6) is 1.04. The van der Waals surface area contributed by atoms with Crippen LogP contribution in [0, 0.1) is 6.92 Å². The van der Waals surface area contributed by atoms with E-state index in [1.165, 1.54) is 64.2 Å². The maximum absolute atomic E-state index is 12.9. The Morgan fingerprint density at radius 1 is 0.829 bits per heavy atom. The lowest BCUT2D eigenvalue weighted by molar-refractivity contribution is -0.117. The Morgan fingerprint density at radius 2 is 1.31 bits per heavy atom. The molecule has 0 saturated heterocycles. The highest BCUT2D eigenvalue weighted by atomic mass is 35.5. The summed E-state index contributed by atoms with van der Waals surface area (Å²) in [5, 5.41) is -0.705. The quantitative estimate of drug-likeness (QED) is 0.118. The first kappa shape index (κ1) is 29.7. The van der Waals surface area contributed by atoms with Crippen LogP contribution in [-0.4, -0.2) is 39.0 Å². The van der Waals surface area contributed by atoms with Gasteiger partial charge in [-0.25, -0.2) is 18.4 Å². The SMILES string of the molecule is CC(=O)CCCCCCCCCCCCCCCn1c(C)nc2nc(Cl)nc(S(=O)(=O)C(C)C)c21. The van der Waals surface area contributed by atoms with Crippen molar-refractivity contribution in [3.05, 3.63) is 11.1 Å². The number of hydrogen-bond acceptors (Lipinski definition) is 6. The van der Waals surface area contributed by atoms with Gasteiger partial charge in [0.1, 0.15) is 17.1 Å². The number of ketones is 1. The number of hydrogen-bond donors (Lipinski definition) is 0. The topological polar surface area (TPSA) is 94.8 Å². The molecule has 2 aromatic heterocycles. The van der Waals surface area contributed by atoms with Gasteiger partial charge in [-0.15, -0.1) is 0 Å². The summed E-state index contributed by atoms with van der Waals surface area (Å²) in [5.41, 5.74) is 0.817. The zero-order valence-electron chi connectivity index (χ0n) is 22.0. The third kappa shape index (κ3) is 9.45. The second-order valence-electron chi connectivity index (χ2n) is 9.92. The van der Waals surface area contributed by atoms with Gasteiger partial charge in [-0.2, -0.15) is 4.98 Å². The molecule has 0 radical (unpaired) electrons. The first-order valence-electron chi connectivity index (χ1n) is 13.3. The van der Waals surface area contributed by atoms with Crippen LogP contribution < -0.4 is 0 Å². The molecule has 0 bridgehead atoms. The highest BCUT2D eigenvalue weighted by molar-refractivity contribution is 7.92. The van der Waals surface area contributed by atoms with Crippen molar-refractivity contribution in [3.8, 4) is 0 Å². The van der Waals surface area contributed by atoms with Crippen LogP contribution in [0.5, 0.6) is 0 Å². The smallest absolute Gasteiger partial charge is 0.225 e. The van der Waals surface area contributed by atoms with E-state index in [1.807, 2.05) is 11.5 Å². The summed E-state index contributed by atoms with van der Waals surface area (Å²) >= 11 is 6.00. The number of Topliss-reactive ketones (excluding diaryl/α,β-unsaturated/α-hetero) is 1. The van der Waals surface area contributed by atoms with Crippen LogP contribution in [0.15, 0.2) is 5.03 Å². The molecule has 198 valence electrons. The van der Waals surface area contributed by atoms with E-state index < -0.39 is 15.1 Å². The van der Waals surface area contributed by atoms with Crippen LogP contribution in [0.2, 0.25) is 5.28 Å². The molecule has 9 heteroatoms. The predicted octanol–water partition coefficient (Wildman–Crippen LogP) is 7.02. The Morgan fingerprint density at radius 3 is 1.80 bits per heavy atom. The van der Waals surface area contributed by atoms with Crippen LogP contribution in [0.3, 0.4) is 0 Å². The number of nitrogens with zero attached hydrogens (tertiary/aromatic N) is 4. The van der Waals surface area contributed by atoms with Crippen molar-refractivity contribution in [1.29, 1.82) is 0 Å². The van der Waals surface area contributed by atoms with Gasteiger partial charge in [0.05, 0.1) is 5.25 Å². The molecular weight excluding hydrogens is 484 g/mol. The number of aryl methyl sites for hydroxylation is 2. The summed E-state index contributed by atoms with van der Waals surface area (Å²) in [6.45, 7) is 7.52. The molecule has 0 amide bonds. The monoisotopic (exact) mass is 526 g/mol. The molecule has 35 heavy (non-hydrogen) atoms. The summed E-state index contributed by atoms with van der Waals surface area (Å²) < 4.78 is 27.7. The van der Waals surface area contributed by atoms with Gasteiger partial charge in [-0.05, 0) is 52.1 Å². The second-order valence-corrected chi connectivity index (χ2v) is 12.7. The highest BCUT2D eigenvalue weighted by Crippen LogP contribution is 2.26. The van der Waals surface area contributed by atoms with Gasteiger partial charge in [0.2, 0.25) is 5.28 Å². The van der Waals surface area contributed by atoms with Gasteiger partial charge in [0, 0.05) is 13.0 Å². The van der Waals surface area contributed by atoms with Crippen molar-refractivity contribution in [3.63, 3.8) is 0 Å². The molecule has 0 atom stereocenters. The van der Waals surface area contributed by atoms with Gasteiger partial charge in [0.15, 0.2) is 20.5 Å². The van der Waals surface area contributed by atoms with Gasteiger partial charge in [-0.3, -0.25) is 0 Å². The number of aromatic nitrogens is 4. The minimum Gasteiger partial charge on any atom is -0.324 e. The number of carbonyl (C=O) groups excluding carboxylic acids is 1. The Kier molecular flexibility index (Phi) is 12.6. The van der Waals surface area contributed by atoms with Crippen molar-refractivity contribution in [2.75, 3.05) is 0 Å². The molecule has 7 nitrogen and oxygen atoms in total. The summed E-state index contributed by atoms with van der Waals surface area (Å²) in [6, 6.07) is 0. The summed E-state index contributed by atoms with van der Waals surface area (Å²) in [6.07, 6.45) is 16.5. The Balaban J connectivity index is 1.68. The Hall–Kier alpha value is -1.54. The number of sulfone groups is 1. The number of fused-ring (bicyclic) bond motifs is 1. The van der Waals surface area contributed by atoms with Crippen LogP contribution >= 0.6 is 11.6 Å². The van der Waals surface area contributed by atoms with E-state index in [-0.39, 0.29) is 10.3 Å². The fourth-order valence-corrected chi connectivity index (χ4v) is 5.72. The van der Waals surface area contributed by atoms with E-state index in [0.717, 1.165) is 31.5 Å². The molecule has 2 rings (SSSR count). The van der Waals surface area contributed by atoms with Crippen molar-refractivity contribution in [2.24, 2.45) is 0 Å². The number of unbranched alkanes of at least 4 members (excludes halogenated alkanes) is 12. The molecule has 0 aliphatic rings. The number of imidazole rings is 1. The van der Waals surface area contributed by atoms with E-state index in [2.05, 4.69) is 15.0 Å². The summed E-state index contributed by atoms with van der Waals surface area (Å²) in [4.78, 5) is 23.6. The van der Waals surface area contributed by atoms with Crippen molar-refractivity contribution >= 4 is 38.4 Å². The number of carbonyl (C=O) groups is 1. The molecule has 0 spiro atoms. The maximum Gasteiger partial charge on any atom is 0.225 e. The molecular formula is C26H43ClN4O3S. The highest BCUT2D eigenvalue weighted by Gasteiger charge is 2.28. The van der Waals surface area contributed by atoms with E-state index in [9.17, 15) is 13.2 Å². The first-order valence-corrected chi connectivity index (χ1v) is 15.2. The van der Waals surface area contributed by atoms with Crippen LogP contribution in [-0.2, 0) is 21.2 Å². The molecule has 0 aliphatic carbocycles. The molecule has 0 fully saturated rings. The fourth-order valence-electron chi connectivity index (χ4n) is 4.37. The van der Waals surface area contributed by atoms with E-state index in [4.69, 9.17) is 11.6 Å². The van der Waals surface area contributed by atoms with E-state index in [0.29, 0.717) is 23.5 Å². The molecule has 0 N–H and O–H groups in total. The zero-order chi connectivity index (χ0) is 25.8. The molecule has 0 aliphatic heterocycles. The van der Waals surface area contributed by atoms with Crippen LogP contribution in [0.4, 0.5) is 0 Å². The first-order chi connectivity index (χ1) is 16.6. The van der Waals surface area contributed by atoms with E-state index >= 15 is 0 Å². The summed E-state index contributed by atoms with van der Waals surface area (Å²) in [7, 11) is -3.61. The lowest BCUT2D eigenvalue weighted by Crippen LogP contribution is -2.18. The largest absolute Gasteiger partial charge is 0.324 e. The molecule has 0 saturated carbocycles. The van der Waals surface area contributed by atoms with Crippen LogP contribution in [0.1, 0.15) is 116 Å². The third-order valence-electron chi connectivity index (χ3n) is 6.54. The van der Waals surface area contributed by atoms with Gasteiger partial charge < -0.3 is 9.36 Å². The minimum atomic E-state index is -3.61. The molecule has 2 heterocycles. The maximum atomic E-state index is 12.9. The molecule has 0 unspecified atom stereocenters. The van der Waals surface area contributed by atoms with Crippen molar-refractivity contribution < 1.29 is 13.2 Å². The lowest BCUT2D eigenvalue weighted by atomic mass is 10.0. The average molecular weight is 527 g/mol. The van der Waals surface area contributed by atoms with Crippen molar-refractivity contribution in [2.45, 2.75) is 134 Å². The second kappa shape index (κ2) is 14.9. The zero-order valence-corrected chi connectivity index (χ0v) is 23.6. The van der Waals surface area contributed by atoms with Crippen LogP contribution in [0.25, 0.3) is 11.2 Å².